The molecule has 1 aliphatic rings. The van der Waals surface area contributed by atoms with E-state index in [1.54, 1.807) is 60.7 Å². The summed E-state index contributed by atoms with van der Waals surface area (Å²) in [5, 5.41) is 11.6. The van der Waals surface area contributed by atoms with E-state index in [2.05, 4.69) is 0 Å². The van der Waals surface area contributed by atoms with E-state index in [4.69, 9.17) is 20.8 Å². The lowest BCUT2D eigenvalue weighted by atomic mass is 9.95. The molecule has 0 aliphatic carbocycles. The molecule has 1 fully saturated rings. The molecule has 3 aromatic rings. The van der Waals surface area contributed by atoms with Gasteiger partial charge in [0.15, 0.2) is 0 Å². The number of halogens is 1. The minimum Gasteiger partial charge on any atom is -0.507 e. The van der Waals surface area contributed by atoms with E-state index in [9.17, 15) is 14.7 Å². The van der Waals surface area contributed by atoms with Crippen LogP contribution in [-0.4, -0.2) is 28.8 Å². The number of hydrogen-bond acceptors (Lipinski definition) is 5. The zero-order valence-corrected chi connectivity index (χ0v) is 16.8. The molecule has 2 heterocycles. The number of likely N-dealkylation sites (tertiary alicyclic amines) is 1. The van der Waals surface area contributed by atoms with Crippen LogP contribution in [0, 0.1) is 0 Å². The molecule has 7 heteroatoms. The number of ketones is 1. The third kappa shape index (κ3) is 3.57. The van der Waals surface area contributed by atoms with Crippen molar-refractivity contribution in [3.63, 3.8) is 0 Å². The Morgan fingerprint density at radius 2 is 1.90 bits per heavy atom. The molecule has 152 valence electrons. The quantitative estimate of drug-likeness (QED) is 0.369. The van der Waals surface area contributed by atoms with Crippen molar-refractivity contribution in [3.8, 4) is 5.75 Å². The first-order chi connectivity index (χ1) is 14.5. The number of nitrogens with zero attached hydrogens (tertiary/aromatic N) is 1. The van der Waals surface area contributed by atoms with Gasteiger partial charge >= 0.3 is 0 Å². The Bertz CT molecular complexity index is 1120. The number of ether oxygens (including phenoxy) is 1. The van der Waals surface area contributed by atoms with Gasteiger partial charge in [0.05, 0.1) is 31.5 Å². The second kappa shape index (κ2) is 8.08. The van der Waals surface area contributed by atoms with Crippen LogP contribution >= 0.6 is 11.6 Å². The summed E-state index contributed by atoms with van der Waals surface area (Å²) in [7, 11) is 1.51. The van der Waals surface area contributed by atoms with Crippen LogP contribution in [-0.2, 0) is 16.1 Å². The van der Waals surface area contributed by atoms with Crippen molar-refractivity contribution in [1.29, 1.82) is 0 Å². The number of carbonyl (C=O) groups is 2. The van der Waals surface area contributed by atoms with Crippen LogP contribution in [0.5, 0.6) is 5.75 Å². The fourth-order valence-corrected chi connectivity index (χ4v) is 3.66. The summed E-state index contributed by atoms with van der Waals surface area (Å²) in [5.74, 6) is -0.698. The number of aliphatic hydroxyl groups is 1. The van der Waals surface area contributed by atoms with Crippen LogP contribution in [0.1, 0.15) is 22.9 Å². The molecule has 1 saturated heterocycles. The average molecular weight is 424 g/mol. The molecule has 1 amide bonds. The number of furan rings is 1. The summed E-state index contributed by atoms with van der Waals surface area (Å²) in [6.45, 7) is 0.0831. The van der Waals surface area contributed by atoms with Crippen molar-refractivity contribution in [2.45, 2.75) is 12.6 Å². The minimum absolute atomic E-state index is 0.00197. The third-order valence-electron chi connectivity index (χ3n) is 4.98. The van der Waals surface area contributed by atoms with Gasteiger partial charge in [0.2, 0.25) is 0 Å². The number of aliphatic hydroxyl groups excluding tert-OH is 1. The predicted octanol–water partition coefficient (Wildman–Crippen LogP) is 4.56. The standard InChI is InChI=1S/C23H18ClNO5/c1-29-17-5-2-4-15(12-17)21(26)19-20(14-7-9-16(24)10-8-14)25(23(28)22(19)27)13-18-6-3-11-30-18/h2-12,20,26H,13H2,1H3/b21-19-. The summed E-state index contributed by atoms with van der Waals surface area (Å²) in [5.41, 5.74) is 1.03. The Morgan fingerprint density at radius 1 is 1.13 bits per heavy atom. The van der Waals surface area contributed by atoms with Crippen LogP contribution < -0.4 is 4.74 Å². The topological polar surface area (TPSA) is 80.0 Å². The maximum Gasteiger partial charge on any atom is 0.296 e. The van der Waals surface area contributed by atoms with Crippen molar-refractivity contribution in [1.82, 2.24) is 4.90 Å². The lowest BCUT2D eigenvalue weighted by Crippen LogP contribution is -2.29. The first kappa shape index (κ1) is 19.8. The second-order valence-electron chi connectivity index (χ2n) is 6.79. The molecule has 1 atom stereocenters. The highest BCUT2D eigenvalue weighted by molar-refractivity contribution is 6.46. The Morgan fingerprint density at radius 3 is 2.57 bits per heavy atom. The SMILES string of the molecule is COc1cccc(/C(O)=C2/C(=O)C(=O)N(Cc3ccco3)C2c2ccc(Cl)cc2)c1. The van der Waals surface area contributed by atoms with Crippen LogP contribution in [0.2, 0.25) is 5.02 Å². The largest absolute Gasteiger partial charge is 0.507 e. The van der Waals surface area contributed by atoms with Crippen molar-refractivity contribution >= 4 is 29.1 Å². The molecule has 30 heavy (non-hydrogen) atoms. The van der Waals surface area contributed by atoms with Crippen molar-refractivity contribution < 1.29 is 23.8 Å². The van der Waals surface area contributed by atoms with E-state index in [0.29, 0.717) is 27.7 Å². The van der Waals surface area contributed by atoms with Gasteiger partial charge in [-0.3, -0.25) is 9.59 Å². The van der Waals surface area contributed by atoms with Crippen LogP contribution in [0.15, 0.2) is 76.9 Å². The molecule has 6 nitrogen and oxygen atoms in total. The Balaban J connectivity index is 1.86. The van der Waals surface area contributed by atoms with Crippen LogP contribution in [0.4, 0.5) is 0 Å². The smallest absolute Gasteiger partial charge is 0.296 e. The molecule has 0 radical (unpaired) electrons. The summed E-state index contributed by atoms with van der Waals surface area (Å²) in [6, 6.07) is 16.1. The fraction of sp³-hybridized carbons (Fsp3) is 0.130. The van der Waals surface area contributed by atoms with Gasteiger partial charge in [0, 0.05) is 10.6 Å². The van der Waals surface area contributed by atoms with Gasteiger partial charge in [0.1, 0.15) is 17.3 Å². The maximum atomic E-state index is 13.0. The van der Waals surface area contributed by atoms with Gasteiger partial charge in [-0.25, -0.2) is 0 Å². The lowest BCUT2D eigenvalue weighted by molar-refractivity contribution is -0.140. The first-order valence-corrected chi connectivity index (χ1v) is 9.58. The Labute approximate surface area is 177 Å². The molecule has 2 aromatic carbocycles. The van der Waals surface area contributed by atoms with E-state index in [1.165, 1.54) is 18.3 Å². The number of methoxy groups -OCH3 is 1. The van der Waals surface area contributed by atoms with E-state index in [-0.39, 0.29) is 17.9 Å². The zero-order valence-electron chi connectivity index (χ0n) is 16.0. The number of amides is 1. The van der Waals surface area contributed by atoms with E-state index in [0.717, 1.165) is 0 Å². The number of hydrogen-bond donors (Lipinski definition) is 1. The molecule has 1 aliphatic heterocycles. The number of benzene rings is 2. The zero-order chi connectivity index (χ0) is 21.3. The van der Waals surface area contributed by atoms with Crippen molar-refractivity contribution in [2.24, 2.45) is 0 Å². The normalized spacial score (nSPS) is 18.1. The molecule has 4 rings (SSSR count). The van der Waals surface area contributed by atoms with Crippen LogP contribution in [0.25, 0.3) is 5.76 Å². The molecular formula is C23H18ClNO5. The summed E-state index contributed by atoms with van der Waals surface area (Å²) >= 11 is 6.02. The number of rotatable bonds is 5. The molecule has 1 aromatic heterocycles. The predicted molar refractivity (Wildman–Crippen MR) is 111 cm³/mol. The van der Waals surface area contributed by atoms with E-state index >= 15 is 0 Å². The fourth-order valence-electron chi connectivity index (χ4n) is 3.53. The lowest BCUT2D eigenvalue weighted by Gasteiger charge is -2.24. The van der Waals surface area contributed by atoms with Crippen LogP contribution in [0.3, 0.4) is 0 Å². The highest BCUT2D eigenvalue weighted by Crippen LogP contribution is 2.40. The second-order valence-corrected chi connectivity index (χ2v) is 7.23. The van der Waals surface area contributed by atoms with Gasteiger partial charge in [0.25, 0.3) is 11.7 Å². The minimum atomic E-state index is -0.793. The maximum absolute atomic E-state index is 13.0. The van der Waals surface area contributed by atoms with Crippen molar-refractivity contribution in [3.05, 3.63) is 94.4 Å². The van der Waals surface area contributed by atoms with Gasteiger partial charge in [-0.15, -0.1) is 0 Å². The molecule has 0 spiro atoms. The van der Waals surface area contributed by atoms with Gasteiger partial charge in [-0.05, 0) is 42.0 Å². The summed E-state index contributed by atoms with van der Waals surface area (Å²) in [6.07, 6.45) is 1.50. The first-order valence-electron chi connectivity index (χ1n) is 9.20. The van der Waals surface area contributed by atoms with E-state index in [1.807, 2.05) is 0 Å². The highest BCUT2D eigenvalue weighted by Gasteiger charge is 2.46. The Kier molecular flexibility index (Phi) is 5.33. The number of Topliss-reactive ketones (excluding diaryl/α,β-unsaturated/α-hetero) is 1. The van der Waals surface area contributed by atoms with Gasteiger partial charge < -0.3 is 19.2 Å². The Hall–Kier alpha value is -3.51. The van der Waals surface area contributed by atoms with E-state index < -0.39 is 17.7 Å². The molecule has 1 unspecified atom stereocenters. The van der Waals surface area contributed by atoms with Gasteiger partial charge in [-0.2, -0.15) is 0 Å². The average Bonchev–Trinajstić information content (AvgIpc) is 3.36. The van der Waals surface area contributed by atoms with Gasteiger partial charge in [-0.1, -0.05) is 35.9 Å². The summed E-state index contributed by atoms with van der Waals surface area (Å²) < 4.78 is 10.6. The number of carbonyl (C=O) groups excluding carboxylic acids is 2. The third-order valence-corrected chi connectivity index (χ3v) is 5.23. The summed E-state index contributed by atoms with van der Waals surface area (Å²) in [4.78, 5) is 27.2. The van der Waals surface area contributed by atoms with Crippen molar-refractivity contribution in [2.75, 3.05) is 7.11 Å². The molecule has 0 saturated carbocycles. The molecule has 1 N–H and O–H groups in total. The monoisotopic (exact) mass is 423 g/mol. The molecular weight excluding hydrogens is 406 g/mol. The highest BCUT2D eigenvalue weighted by atomic mass is 35.5. The molecule has 0 bridgehead atoms.